The monoisotopic (exact) mass is 421 g/mol. The predicted molar refractivity (Wildman–Crippen MR) is 109 cm³/mol. The van der Waals surface area contributed by atoms with Gasteiger partial charge in [0.1, 0.15) is 17.1 Å². The molecule has 10 heteroatoms. The number of anilines is 1. The summed E-state index contributed by atoms with van der Waals surface area (Å²) in [5.41, 5.74) is -0.683. The van der Waals surface area contributed by atoms with Crippen LogP contribution >= 0.6 is 0 Å². The maximum atomic E-state index is 12.5. The molecule has 0 spiro atoms. The molecule has 0 saturated heterocycles. The number of hydrogen-bond donors (Lipinski definition) is 4. The molecular weight excluding hydrogens is 394 g/mol. The average molecular weight is 421 g/mol. The summed E-state index contributed by atoms with van der Waals surface area (Å²) in [7, 11) is 0. The van der Waals surface area contributed by atoms with Gasteiger partial charge in [0, 0.05) is 19.2 Å². The number of benzene rings is 1. The van der Waals surface area contributed by atoms with Gasteiger partial charge in [-0.15, -0.1) is 0 Å². The second kappa shape index (κ2) is 11.6. The molecule has 0 aliphatic rings. The van der Waals surface area contributed by atoms with Gasteiger partial charge < -0.3 is 30.7 Å². The van der Waals surface area contributed by atoms with Crippen LogP contribution in [-0.2, 0) is 17.8 Å². The van der Waals surface area contributed by atoms with Crippen LogP contribution < -0.4 is 5.32 Å². The Morgan fingerprint density at radius 1 is 1.13 bits per heavy atom. The fourth-order valence-corrected chi connectivity index (χ4v) is 2.97. The fourth-order valence-electron chi connectivity index (χ4n) is 2.97. The fraction of sp³-hybridized carbons (Fsp3) is 0.400. The van der Waals surface area contributed by atoms with Crippen molar-refractivity contribution in [2.75, 3.05) is 5.32 Å². The van der Waals surface area contributed by atoms with Crippen molar-refractivity contribution in [2.24, 2.45) is 0 Å². The van der Waals surface area contributed by atoms with Crippen molar-refractivity contribution in [2.45, 2.75) is 52.0 Å². The van der Waals surface area contributed by atoms with Crippen molar-refractivity contribution in [1.82, 2.24) is 9.55 Å². The number of aliphatic carboxylic acids is 1. The first-order valence-electron chi connectivity index (χ1n) is 9.48. The van der Waals surface area contributed by atoms with Crippen LogP contribution in [0.3, 0.4) is 0 Å². The number of carboxylic acids is 2. The van der Waals surface area contributed by atoms with Gasteiger partial charge in [-0.1, -0.05) is 32.3 Å². The third kappa shape index (κ3) is 6.59. The number of carbonyl (C=O) groups is 3. The van der Waals surface area contributed by atoms with Crippen LogP contribution in [0.15, 0.2) is 24.4 Å². The molecule has 30 heavy (non-hydrogen) atoms. The summed E-state index contributed by atoms with van der Waals surface area (Å²) >= 11 is 0. The van der Waals surface area contributed by atoms with Crippen molar-refractivity contribution in [3.63, 3.8) is 0 Å². The first-order chi connectivity index (χ1) is 13.8. The third-order valence-electron chi connectivity index (χ3n) is 4.42. The van der Waals surface area contributed by atoms with E-state index in [0.29, 0.717) is 12.2 Å². The summed E-state index contributed by atoms with van der Waals surface area (Å²) in [6, 6.07) is 3.86. The highest BCUT2D eigenvalue weighted by Gasteiger charge is 2.21. The van der Waals surface area contributed by atoms with E-state index in [-0.39, 0.29) is 29.8 Å². The molecule has 0 unspecified atom stereocenters. The number of nitrogens with one attached hydrogen (secondary N) is 1. The highest BCUT2D eigenvalue weighted by molar-refractivity contribution is 6.11. The van der Waals surface area contributed by atoms with E-state index in [1.807, 2.05) is 0 Å². The Labute approximate surface area is 173 Å². The first kappa shape index (κ1) is 24.6. The van der Waals surface area contributed by atoms with E-state index in [4.69, 9.17) is 5.11 Å². The number of phenols is 1. The number of aromatic hydroxyl groups is 1. The summed E-state index contributed by atoms with van der Waals surface area (Å²) in [5.74, 6) is -2.73. The summed E-state index contributed by atoms with van der Waals surface area (Å²) in [5, 5.41) is 30.5. The number of hydrogen-bond acceptors (Lipinski definition) is 5. The largest absolute Gasteiger partial charge is 0.507 e. The van der Waals surface area contributed by atoms with E-state index in [9.17, 15) is 24.6 Å². The number of amides is 1. The number of aryl methyl sites for hydroxylation is 2. The lowest BCUT2D eigenvalue weighted by molar-refractivity contribution is -0.137. The van der Waals surface area contributed by atoms with E-state index < -0.39 is 29.2 Å². The molecule has 164 valence electrons. The molecule has 1 aromatic heterocycles. The minimum atomic E-state index is -1.42. The summed E-state index contributed by atoms with van der Waals surface area (Å²) in [6.07, 6.45) is 6.19. The number of nitrogens with zero attached hydrogens (tertiary/aromatic N) is 2. The molecule has 0 aliphatic heterocycles. The lowest BCUT2D eigenvalue weighted by Crippen LogP contribution is -2.16. The third-order valence-corrected chi connectivity index (χ3v) is 4.42. The van der Waals surface area contributed by atoms with E-state index >= 15 is 0 Å². The minimum Gasteiger partial charge on any atom is -0.507 e. The van der Waals surface area contributed by atoms with Gasteiger partial charge in [-0.3, -0.25) is 9.59 Å². The highest BCUT2D eigenvalue weighted by Crippen LogP contribution is 2.22. The molecule has 2 rings (SSSR count). The SMILES string of the molecule is CCCCCCc1nc(NC(=O)c2cccc(O)c2C(=O)O)cn1CCC(=O)O.O. The van der Waals surface area contributed by atoms with E-state index in [1.54, 1.807) is 10.8 Å². The van der Waals surface area contributed by atoms with Crippen LogP contribution in [0.25, 0.3) is 0 Å². The lowest BCUT2D eigenvalue weighted by Gasteiger charge is -2.07. The normalized spacial score (nSPS) is 10.3. The number of carboxylic acid groups (broad SMARTS) is 2. The summed E-state index contributed by atoms with van der Waals surface area (Å²) in [6.45, 7) is 2.32. The van der Waals surface area contributed by atoms with E-state index in [2.05, 4.69) is 17.2 Å². The molecule has 0 saturated carbocycles. The molecule has 1 aromatic carbocycles. The second-order valence-electron chi connectivity index (χ2n) is 6.65. The van der Waals surface area contributed by atoms with E-state index in [1.165, 1.54) is 18.2 Å². The molecule has 2 aromatic rings. The van der Waals surface area contributed by atoms with Gasteiger partial charge in [0.25, 0.3) is 5.91 Å². The number of imidazole rings is 1. The minimum absolute atomic E-state index is 0. The van der Waals surface area contributed by atoms with Crippen molar-refractivity contribution < 1.29 is 35.2 Å². The van der Waals surface area contributed by atoms with Gasteiger partial charge in [0.2, 0.25) is 0 Å². The number of rotatable bonds is 11. The van der Waals surface area contributed by atoms with Gasteiger partial charge in [-0.05, 0) is 18.6 Å². The molecule has 6 N–H and O–H groups in total. The molecule has 0 atom stereocenters. The van der Waals surface area contributed by atoms with Crippen LogP contribution in [0.5, 0.6) is 5.75 Å². The lowest BCUT2D eigenvalue weighted by atomic mass is 10.1. The molecule has 0 fully saturated rings. The number of unbranched alkanes of at least 4 members (excludes halogenated alkanes) is 3. The molecule has 0 radical (unpaired) electrons. The Bertz CT molecular complexity index is 893. The van der Waals surface area contributed by atoms with Crippen LogP contribution in [0.4, 0.5) is 5.82 Å². The maximum Gasteiger partial charge on any atom is 0.340 e. The van der Waals surface area contributed by atoms with Crippen LogP contribution in [0, 0.1) is 0 Å². The Balaban J connectivity index is 0.00000450. The standard InChI is InChI=1S/C20H25N3O6.H2O/c1-2-3-4-5-9-16-21-15(12-23(16)11-10-17(25)26)22-19(27)13-7-6-8-14(24)18(13)20(28)29;/h6-8,12,24H,2-5,9-11H2,1H3,(H,22,27)(H,25,26)(H,28,29);1H2. The van der Waals surface area contributed by atoms with Gasteiger partial charge >= 0.3 is 11.9 Å². The predicted octanol–water partition coefficient (Wildman–Crippen LogP) is 2.31. The number of aromatic nitrogens is 2. The topological polar surface area (TPSA) is 173 Å². The van der Waals surface area contributed by atoms with Crippen LogP contribution in [0.2, 0.25) is 0 Å². The Morgan fingerprint density at radius 3 is 2.50 bits per heavy atom. The molecule has 10 nitrogen and oxygen atoms in total. The molecule has 0 bridgehead atoms. The smallest absolute Gasteiger partial charge is 0.340 e. The Kier molecular flexibility index (Phi) is 9.50. The Hall–Kier alpha value is -3.40. The van der Waals surface area contributed by atoms with Crippen LogP contribution in [-0.4, -0.2) is 48.2 Å². The zero-order valence-corrected chi connectivity index (χ0v) is 16.7. The van der Waals surface area contributed by atoms with Gasteiger partial charge in [-0.2, -0.15) is 0 Å². The summed E-state index contributed by atoms with van der Waals surface area (Å²) < 4.78 is 1.69. The second-order valence-corrected chi connectivity index (χ2v) is 6.65. The van der Waals surface area contributed by atoms with Crippen molar-refractivity contribution in [1.29, 1.82) is 0 Å². The van der Waals surface area contributed by atoms with Gasteiger partial charge in [0.05, 0.1) is 12.0 Å². The maximum absolute atomic E-state index is 12.5. The van der Waals surface area contributed by atoms with Crippen molar-refractivity contribution in [3.8, 4) is 5.75 Å². The molecule has 1 amide bonds. The molecular formula is C20H27N3O7. The first-order valence-corrected chi connectivity index (χ1v) is 9.48. The number of carbonyl (C=O) groups excluding carboxylic acids is 1. The van der Waals surface area contributed by atoms with Crippen LogP contribution in [0.1, 0.15) is 65.6 Å². The zero-order valence-electron chi connectivity index (χ0n) is 16.7. The van der Waals surface area contributed by atoms with E-state index in [0.717, 1.165) is 25.7 Å². The van der Waals surface area contributed by atoms with Crippen molar-refractivity contribution in [3.05, 3.63) is 41.3 Å². The molecule has 0 aliphatic carbocycles. The molecule has 1 heterocycles. The highest BCUT2D eigenvalue weighted by atomic mass is 16.4. The number of aromatic carboxylic acids is 1. The average Bonchev–Trinajstić information content (AvgIpc) is 3.04. The van der Waals surface area contributed by atoms with Crippen molar-refractivity contribution >= 4 is 23.7 Å². The summed E-state index contributed by atoms with van der Waals surface area (Å²) in [4.78, 5) is 39.2. The zero-order chi connectivity index (χ0) is 21.4. The quantitative estimate of drug-likeness (QED) is 0.403. The Morgan fingerprint density at radius 2 is 1.87 bits per heavy atom. The van der Waals surface area contributed by atoms with Gasteiger partial charge in [-0.25, -0.2) is 9.78 Å². The van der Waals surface area contributed by atoms with Gasteiger partial charge in [0.15, 0.2) is 5.82 Å².